The molecule has 0 bridgehead atoms. The molecule has 0 unspecified atom stereocenters. The van der Waals surface area contributed by atoms with Gasteiger partial charge < -0.3 is 15.7 Å². The quantitative estimate of drug-likeness (QED) is 0.325. The van der Waals surface area contributed by atoms with E-state index in [-0.39, 0.29) is 45.6 Å². The number of aryl methyl sites for hydroxylation is 1. The number of nitrogens with one attached hydrogen (secondary N) is 1. The summed E-state index contributed by atoms with van der Waals surface area (Å²) in [5, 5.41) is 9.75. The van der Waals surface area contributed by atoms with Gasteiger partial charge in [-0.15, -0.1) is 0 Å². The van der Waals surface area contributed by atoms with Crippen LogP contribution in [-0.4, -0.2) is 64.9 Å². The Morgan fingerprint density at radius 3 is 2.52 bits per heavy atom. The van der Waals surface area contributed by atoms with Crippen molar-refractivity contribution in [3.63, 3.8) is 0 Å². The first-order valence-electron chi connectivity index (χ1n) is 12.9. The van der Waals surface area contributed by atoms with Gasteiger partial charge in [0, 0.05) is 43.0 Å². The number of nitrogens with zero attached hydrogens (tertiary/aromatic N) is 4. The van der Waals surface area contributed by atoms with E-state index in [4.69, 9.17) is 5.73 Å². The Bertz CT molecular complexity index is 1710. The van der Waals surface area contributed by atoms with E-state index < -0.39 is 15.8 Å². The van der Waals surface area contributed by atoms with Gasteiger partial charge in [0.15, 0.2) is 11.5 Å². The minimum Gasteiger partial charge on any atom is -0.393 e. The van der Waals surface area contributed by atoms with Crippen molar-refractivity contribution in [2.24, 2.45) is 0 Å². The molecule has 40 heavy (non-hydrogen) atoms. The molecule has 2 heterocycles. The van der Waals surface area contributed by atoms with Crippen molar-refractivity contribution < 1.29 is 22.7 Å². The Balaban J connectivity index is 1.54. The molecule has 0 spiro atoms. The molecule has 4 N–H and O–H groups in total. The highest BCUT2D eigenvalue weighted by Crippen LogP contribution is 2.31. The van der Waals surface area contributed by atoms with Crippen molar-refractivity contribution in [3.05, 3.63) is 65.7 Å². The minimum absolute atomic E-state index is 0.0687. The zero-order valence-electron chi connectivity index (χ0n) is 22.4. The Morgan fingerprint density at radius 2 is 1.85 bits per heavy atom. The molecule has 4 aromatic rings. The topological polar surface area (TPSA) is 143 Å². The number of halogens is 1. The number of aliphatic hydroxyl groups is 1. The normalized spacial score (nSPS) is 17.7. The zero-order chi connectivity index (χ0) is 28.8. The lowest BCUT2D eigenvalue weighted by atomic mass is 9.94. The van der Waals surface area contributed by atoms with Crippen molar-refractivity contribution in [3.8, 4) is 22.5 Å². The molecule has 0 atom stereocenters. The molecule has 1 fully saturated rings. The molecule has 2 aromatic heterocycles. The van der Waals surface area contributed by atoms with Crippen LogP contribution in [0.15, 0.2) is 53.7 Å². The molecule has 1 aliphatic carbocycles. The summed E-state index contributed by atoms with van der Waals surface area (Å²) in [4.78, 5) is 22.4. The van der Waals surface area contributed by atoms with Crippen molar-refractivity contribution in [1.82, 2.24) is 24.0 Å². The van der Waals surface area contributed by atoms with Crippen LogP contribution in [0.3, 0.4) is 0 Å². The lowest BCUT2D eigenvalue weighted by Gasteiger charge is -2.26. The van der Waals surface area contributed by atoms with E-state index in [1.807, 2.05) is 6.92 Å². The van der Waals surface area contributed by atoms with Crippen LogP contribution in [0.25, 0.3) is 28.2 Å². The lowest BCUT2D eigenvalue weighted by molar-refractivity contribution is 0.0827. The van der Waals surface area contributed by atoms with E-state index in [0.29, 0.717) is 42.6 Å². The van der Waals surface area contributed by atoms with Gasteiger partial charge in [0.1, 0.15) is 5.82 Å². The van der Waals surface area contributed by atoms with Gasteiger partial charge in [-0.25, -0.2) is 27.5 Å². The largest absolute Gasteiger partial charge is 0.393 e. The number of hydrogen-bond donors (Lipinski definition) is 3. The number of aliphatic hydroxyl groups excluding tert-OH is 1. The molecule has 12 heteroatoms. The molecular weight excluding hydrogens is 535 g/mol. The molecule has 2 aromatic carbocycles. The van der Waals surface area contributed by atoms with E-state index in [2.05, 4.69) is 14.7 Å². The molecule has 1 aliphatic rings. The Morgan fingerprint density at radius 1 is 1.12 bits per heavy atom. The standard InChI is InChI=1S/C28H31FN6O4S/c1-16-4-10-20(40(38,39)33-18-6-8-19(36)9-7-18)13-22(16)25-14-31-27-26(30)32-24(15-35(25)27)21-11-5-17(12-23(21)29)28(37)34(2)3/h4-5,10-15,18-19,33,36H,6-9H2,1-3H3,(H2,30,32). The van der Waals surface area contributed by atoms with Gasteiger partial charge in [0.2, 0.25) is 10.0 Å². The fraction of sp³-hybridized carbons (Fsp3) is 0.321. The van der Waals surface area contributed by atoms with Crippen LogP contribution in [0.4, 0.5) is 10.2 Å². The van der Waals surface area contributed by atoms with Gasteiger partial charge in [-0.1, -0.05) is 6.07 Å². The van der Waals surface area contributed by atoms with E-state index >= 15 is 4.39 Å². The third kappa shape index (κ3) is 5.29. The maximum absolute atomic E-state index is 15.1. The first-order chi connectivity index (χ1) is 18.9. The monoisotopic (exact) mass is 566 g/mol. The fourth-order valence-electron chi connectivity index (χ4n) is 4.98. The highest BCUT2D eigenvalue weighted by atomic mass is 32.2. The number of nitrogen functional groups attached to an aromatic ring is 1. The van der Waals surface area contributed by atoms with Gasteiger partial charge in [-0.3, -0.25) is 9.20 Å². The molecule has 0 aliphatic heterocycles. The first-order valence-corrected chi connectivity index (χ1v) is 14.4. The molecule has 1 amide bonds. The third-order valence-corrected chi connectivity index (χ3v) is 8.75. The van der Waals surface area contributed by atoms with Gasteiger partial charge >= 0.3 is 0 Å². The molecule has 10 nitrogen and oxygen atoms in total. The number of benzene rings is 2. The van der Waals surface area contributed by atoms with Crippen LogP contribution in [0.1, 0.15) is 41.6 Å². The van der Waals surface area contributed by atoms with Crippen LogP contribution in [0.2, 0.25) is 0 Å². The van der Waals surface area contributed by atoms with Crippen LogP contribution in [-0.2, 0) is 10.0 Å². The second kappa shape index (κ2) is 10.6. The number of anilines is 1. The van der Waals surface area contributed by atoms with Gasteiger partial charge in [-0.2, -0.15) is 0 Å². The van der Waals surface area contributed by atoms with Crippen molar-refractivity contribution >= 4 is 27.4 Å². The summed E-state index contributed by atoms with van der Waals surface area (Å²) >= 11 is 0. The molecule has 0 radical (unpaired) electrons. The minimum atomic E-state index is -3.82. The summed E-state index contributed by atoms with van der Waals surface area (Å²) in [7, 11) is -0.647. The number of sulfonamides is 1. The summed E-state index contributed by atoms with van der Waals surface area (Å²) in [6, 6.07) is 8.77. The Labute approximate surface area is 231 Å². The highest BCUT2D eigenvalue weighted by molar-refractivity contribution is 7.89. The lowest BCUT2D eigenvalue weighted by Crippen LogP contribution is -2.38. The second-order valence-corrected chi connectivity index (χ2v) is 12.1. The first kappa shape index (κ1) is 27.7. The smallest absolute Gasteiger partial charge is 0.253 e. The number of carbonyl (C=O) groups is 1. The Hall–Kier alpha value is -3.87. The fourth-order valence-corrected chi connectivity index (χ4v) is 6.31. The predicted octanol–water partition coefficient (Wildman–Crippen LogP) is 3.38. The Kier molecular flexibility index (Phi) is 7.34. The number of rotatable bonds is 6. The van der Waals surface area contributed by atoms with Gasteiger partial charge in [-0.05, 0) is 68.5 Å². The summed E-state index contributed by atoms with van der Waals surface area (Å²) in [5.41, 5.74) is 9.09. The molecule has 1 saturated carbocycles. The zero-order valence-corrected chi connectivity index (χ0v) is 23.2. The average Bonchev–Trinajstić information content (AvgIpc) is 3.34. The number of nitrogens with two attached hydrogens (primary N) is 1. The van der Waals surface area contributed by atoms with Gasteiger partial charge in [0.25, 0.3) is 5.91 Å². The third-order valence-electron chi connectivity index (χ3n) is 7.23. The number of aromatic nitrogens is 3. The van der Waals surface area contributed by atoms with Crippen molar-refractivity contribution in [2.75, 3.05) is 19.8 Å². The van der Waals surface area contributed by atoms with E-state index in [1.165, 1.54) is 17.0 Å². The number of imidazole rings is 1. The van der Waals surface area contributed by atoms with Crippen LogP contribution < -0.4 is 10.5 Å². The van der Waals surface area contributed by atoms with Crippen LogP contribution in [0, 0.1) is 12.7 Å². The average molecular weight is 567 g/mol. The molecule has 210 valence electrons. The summed E-state index contributed by atoms with van der Waals surface area (Å²) in [6.07, 6.45) is 5.03. The summed E-state index contributed by atoms with van der Waals surface area (Å²) in [5.74, 6) is -0.892. The number of hydrogen-bond acceptors (Lipinski definition) is 7. The van der Waals surface area contributed by atoms with Gasteiger partial charge in [0.05, 0.1) is 28.6 Å². The van der Waals surface area contributed by atoms with E-state index in [0.717, 1.165) is 11.6 Å². The molecular formula is C28H31FN6O4S. The number of amides is 1. The maximum Gasteiger partial charge on any atom is 0.253 e. The van der Waals surface area contributed by atoms with Crippen LogP contribution >= 0.6 is 0 Å². The number of fused-ring (bicyclic) bond motifs is 1. The van der Waals surface area contributed by atoms with Crippen molar-refractivity contribution in [1.29, 1.82) is 0 Å². The predicted molar refractivity (Wildman–Crippen MR) is 150 cm³/mol. The summed E-state index contributed by atoms with van der Waals surface area (Å²) < 4.78 is 46.0. The summed E-state index contributed by atoms with van der Waals surface area (Å²) in [6.45, 7) is 1.85. The maximum atomic E-state index is 15.1. The molecule has 0 saturated heterocycles. The molecule has 5 rings (SSSR count). The van der Waals surface area contributed by atoms with Crippen molar-refractivity contribution in [2.45, 2.75) is 49.6 Å². The SMILES string of the molecule is Cc1ccc(S(=O)(=O)NC2CCC(O)CC2)cc1-c1cnc2c(N)nc(-c3ccc(C(=O)N(C)C)cc3F)cn12. The second-order valence-electron chi connectivity index (χ2n) is 10.3. The van der Waals surface area contributed by atoms with Crippen LogP contribution in [0.5, 0.6) is 0 Å². The number of carbonyl (C=O) groups excluding carboxylic acids is 1. The van der Waals surface area contributed by atoms with E-state index in [1.54, 1.807) is 49.1 Å². The van der Waals surface area contributed by atoms with E-state index in [9.17, 15) is 18.3 Å². The highest BCUT2D eigenvalue weighted by Gasteiger charge is 2.26.